The van der Waals surface area contributed by atoms with Crippen LogP contribution < -0.4 is 21.3 Å². The first kappa shape index (κ1) is 19.9. The van der Waals surface area contributed by atoms with Crippen LogP contribution in [0.3, 0.4) is 0 Å². The van der Waals surface area contributed by atoms with Gasteiger partial charge in [-0.2, -0.15) is 0 Å². The van der Waals surface area contributed by atoms with Gasteiger partial charge < -0.3 is 21.3 Å². The maximum absolute atomic E-state index is 12.8. The zero-order valence-electron chi connectivity index (χ0n) is 14.8. The highest BCUT2D eigenvalue weighted by Gasteiger charge is 2.06. The highest BCUT2D eigenvalue weighted by Crippen LogP contribution is 2.09. The summed E-state index contributed by atoms with van der Waals surface area (Å²) < 4.78 is 12.8. The molecule has 0 radical (unpaired) electrons. The van der Waals surface area contributed by atoms with Gasteiger partial charge in [0.15, 0.2) is 0 Å². The third-order valence-electron chi connectivity index (χ3n) is 3.53. The van der Waals surface area contributed by atoms with Crippen LogP contribution in [0.5, 0.6) is 0 Å². The summed E-state index contributed by atoms with van der Waals surface area (Å²) in [6.45, 7) is 2.20. The van der Waals surface area contributed by atoms with Crippen molar-refractivity contribution in [3.63, 3.8) is 0 Å². The summed E-state index contributed by atoms with van der Waals surface area (Å²) in [7, 11) is 0. The van der Waals surface area contributed by atoms with Crippen LogP contribution in [0.25, 0.3) is 0 Å². The molecule has 2 aromatic rings. The van der Waals surface area contributed by atoms with Crippen molar-refractivity contribution in [1.29, 1.82) is 0 Å². The number of rotatable bonds is 7. The number of hydrogen-bond acceptors (Lipinski definition) is 3. The van der Waals surface area contributed by atoms with Crippen LogP contribution >= 0.6 is 0 Å². The van der Waals surface area contributed by atoms with E-state index in [4.69, 9.17) is 0 Å². The minimum Gasteiger partial charge on any atom is -0.350 e. The number of anilines is 1. The standard InChI is InChI=1S/C19H21FN4O3/c1-13(25)24-17-8-4-15(5-9-17)18(26)21-10-11-22-19(27)23-12-14-2-6-16(20)7-3-14/h2-9H,10-12H2,1H3,(H,21,26)(H,24,25)(H2,22,23,27). The second kappa shape index (κ2) is 9.91. The molecule has 0 spiro atoms. The largest absolute Gasteiger partial charge is 0.350 e. The molecule has 8 heteroatoms. The number of carbonyl (C=O) groups excluding carboxylic acids is 3. The number of benzene rings is 2. The quantitative estimate of drug-likeness (QED) is 0.560. The Hall–Kier alpha value is -3.42. The molecule has 0 aliphatic carbocycles. The van der Waals surface area contributed by atoms with Crippen molar-refractivity contribution in [3.05, 3.63) is 65.5 Å². The van der Waals surface area contributed by atoms with E-state index in [1.54, 1.807) is 36.4 Å². The molecule has 4 N–H and O–H groups in total. The van der Waals surface area contributed by atoms with E-state index in [0.717, 1.165) is 5.56 Å². The Balaban J connectivity index is 1.65. The van der Waals surface area contributed by atoms with Gasteiger partial charge in [0.1, 0.15) is 5.82 Å². The fourth-order valence-electron chi connectivity index (χ4n) is 2.21. The number of amides is 4. The number of nitrogens with one attached hydrogen (secondary N) is 4. The number of urea groups is 1. The summed E-state index contributed by atoms with van der Waals surface area (Å²) in [6, 6.07) is 11.9. The fourth-order valence-corrected chi connectivity index (χ4v) is 2.21. The van der Waals surface area contributed by atoms with E-state index in [0.29, 0.717) is 11.3 Å². The molecule has 0 atom stereocenters. The van der Waals surface area contributed by atoms with Gasteiger partial charge in [0.05, 0.1) is 0 Å². The van der Waals surface area contributed by atoms with Crippen molar-refractivity contribution in [2.75, 3.05) is 18.4 Å². The van der Waals surface area contributed by atoms with Crippen molar-refractivity contribution in [2.24, 2.45) is 0 Å². The van der Waals surface area contributed by atoms with Gasteiger partial charge in [0, 0.05) is 37.8 Å². The van der Waals surface area contributed by atoms with Crippen LogP contribution in [0.1, 0.15) is 22.8 Å². The minimum absolute atomic E-state index is 0.184. The summed E-state index contributed by atoms with van der Waals surface area (Å²) in [5.74, 6) is -0.794. The summed E-state index contributed by atoms with van der Waals surface area (Å²) in [5, 5.41) is 10.6. The maximum Gasteiger partial charge on any atom is 0.315 e. The molecule has 0 fully saturated rings. The highest BCUT2D eigenvalue weighted by atomic mass is 19.1. The third kappa shape index (κ3) is 7.15. The minimum atomic E-state index is -0.381. The Morgan fingerprint density at radius 1 is 0.852 bits per heavy atom. The van der Waals surface area contributed by atoms with Crippen LogP contribution in [-0.2, 0) is 11.3 Å². The second-order valence-corrected chi connectivity index (χ2v) is 5.75. The van der Waals surface area contributed by atoms with Crippen LogP contribution in [0.4, 0.5) is 14.9 Å². The molecule has 0 bridgehead atoms. The molecule has 142 valence electrons. The van der Waals surface area contributed by atoms with Crippen molar-refractivity contribution in [3.8, 4) is 0 Å². The Morgan fingerprint density at radius 3 is 2.11 bits per heavy atom. The van der Waals surface area contributed by atoms with E-state index in [2.05, 4.69) is 21.3 Å². The predicted octanol–water partition coefficient (Wildman–Crippen LogP) is 2.01. The first-order valence-electron chi connectivity index (χ1n) is 8.36. The Kier molecular flexibility index (Phi) is 7.30. The second-order valence-electron chi connectivity index (χ2n) is 5.75. The fraction of sp³-hybridized carbons (Fsp3) is 0.211. The Bertz CT molecular complexity index is 792. The molecule has 0 saturated heterocycles. The molecule has 0 saturated carbocycles. The Labute approximate surface area is 156 Å². The van der Waals surface area contributed by atoms with Gasteiger partial charge in [0.2, 0.25) is 5.91 Å². The average Bonchev–Trinajstić information content (AvgIpc) is 2.64. The lowest BCUT2D eigenvalue weighted by molar-refractivity contribution is -0.114. The SMILES string of the molecule is CC(=O)Nc1ccc(C(=O)NCCNC(=O)NCc2ccc(F)cc2)cc1. The van der Waals surface area contributed by atoms with E-state index in [9.17, 15) is 18.8 Å². The Morgan fingerprint density at radius 2 is 1.48 bits per heavy atom. The predicted molar refractivity (Wildman–Crippen MR) is 99.7 cm³/mol. The molecular formula is C19H21FN4O3. The molecule has 7 nitrogen and oxygen atoms in total. The average molecular weight is 372 g/mol. The zero-order chi connectivity index (χ0) is 19.6. The van der Waals surface area contributed by atoms with Crippen LogP contribution in [0, 0.1) is 5.82 Å². The van der Waals surface area contributed by atoms with Crippen molar-refractivity contribution < 1.29 is 18.8 Å². The third-order valence-corrected chi connectivity index (χ3v) is 3.53. The van der Waals surface area contributed by atoms with Gasteiger partial charge in [-0.15, -0.1) is 0 Å². The normalized spacial score (nSPS) is 10.0. The van der Waals surface area contributed by atoms with Crippen LogP contribution in [0.2, 0.25) is 0 Å². The topological polar surface area (TPSA) is 99.3 Å². The molecular weight excluding hydrogens is 351 g/mol. The lowest BCUT2D eigenvalue weighted by Gasteiger charge is -2.09. The van der Waals surface area contributed by atoms with Gasteiger partial charge in [-0.05, 0) is 42.0 Å². The van der Waals surface area contributed by atoms with E-state index in [1.165, 1.54) is 19.1 Å². The van der Waals surface area contributed by atoms with E-state index in [-0.39, 0.29) is 43.3 Å². The molecule has 0 aromatic heterocycles. The van der Waals surface area contributed by atoms with Crippen molar-refractivity contribution in [1.82, 2.24) is 16.0 Å². The van der Waals surface area contributed by atoms with Crippen LogP contribution in [-0.4, -0.2) is 30.9 Å². The molecule has 2 rings (SSSR count). The maximum atomic E-state index is 12.8. The van der Waals surface area contributed by atoms with Gasteiger partial charge in [-0.1, -0.05) is 12.1 Å². The zero-order valence-corrected chi connectivity index (χ0v) is 14.8. The summed E-state index contributed by atoms with van der Waals surface area (Å²) in [6.07, 6.45) is 0. The van der Waals surface area contributed by atoms with Gasteiger partial charge in [-0.25, -0.2) is 9.18 Å². The smallest absolute Gasteiger partial charge is 0.315 e. The molecule has 27 heavy (non-hydrogen) atoms. The molecule has 0 aliphatic heterocycles. The lowest BCUT2D eigenvalue weighted by Crippen LogP contribution is -2.40. The number of carbonyl (C=O) groups is 3. The van der Waals surface area contributed by atoms with Crippen molar-refractivity contribution in [2.45, 2.75) is 13.5 Å². The number of halogens is 1. The first-order chi connectivity index (χ1) is 12.9. The molecule has 0 unspecified atom stereocenters. The first-order valence-corrected chi connectivity index (χ1v) is 8.36. The molecule has 0 aliphatic rings. The molecule has 0 heterocycles. The molecule has 2 aromatic carbocycles. The van der Waals surface area contributed by atoms with Crippen molar-refractivity contribution >= 4 is 23.5 Å². The van der Waals surface area contributed by atoms with Crippen LogP contribution in [0.15, 0.2) is 48.5 Å². The summed E-state index contributed by atoms with van der Waals surface area (Å²) in [5.41, 5.74) is 1.84. The van der Waals surface area contributed by atoms with E-state index in [1.807, 2.05) is 0 Å². The lowest BCUT2D eigenvalue weighted by atomic mass is 10.2. The monoisotopic (exact) mass is 372 g/mol. The van der Waals surface area contributed by atoms with E-state index >= 15 is 0 Å². The molecule has 4 amide bonds. The van der Waals surface area contributed by atoms with E-state index < -0.39 is 0 Å². The van der Waals surface area contributed by atoms with Gasteiger partial charge in [0.25, 0.3) is 5.91 Å². The van der Waals surface area contributed by atoms with Gasteiger partial charge in [-0.3, -0.25) is 9.59 Å². The summed E-state index contributed by atoms with van der Waals surface area (Å²) in [4.78, 5) is 34.6. The van der Waals surface area contributed by atoms with Gasteiger partial charge >= 0.3 is 6.03 Å². The highest BCUT2D eigenvalue weighted by molar-refractivity contribution is 5.95. The summed E-state index contributed by atoms with van der Waals surface area (Å²) >= 11 is 0. The number of hydrogen-bond donors (Lipinski definition) is 4.